The highest BCUT2D eigenvalue weighted by Gasteiger charge is 2.05. The highest BCUT2D eigenvalue weighted by Crippen LogP contribution is 2.25. The summed E-state index contributed by atoms with van der Waals surface area (Å²) in [5.41, 5.74) is 8.72. The molecule has 2 aromatic rings. The third-order valence-corrected chi connectivity index (χ3v) is 2.98. The quantitative estimate of drug-likeness (QED) is 0.842. The van der Waals surface area contributed by atoms with Crippen molar-refractivity contribution < 1.29 is 4.74 Å². The van der Waals surface area contributed by atoms with Gasteiger partial charge in [-0.2, -0.15) is 0 Å². The summed E-state index contributed by atoms with van der Waals surface area (Å²) in [6.07, 6.45) is 3.76. The van der Waals surface area contributed by atoms with Gasteiger partial charge in [0.2, 0.25) is 0 Å². The Morgan fingerprint density at radius 2 is 1.89 bits per heavy atom. The third-order valence-electron chi connectivity index (χ3n) is 2.98. The monoisotopic (exact) mass is 245 g/mol. The lowest BCUT2D eigenvalue weighted by molar-refractivity contribution is 0.293. The molecule has 0 unspecified atom stereocenters. The summed E-state index contributed by atoms with van der Waals surface area (Å²) in [6, 6.07) is 3.87. The van der Waals surface area contributed by atoms with Crippen molar-refractivity contribution in [2.75, 3.05) is 12.3 Å². The number of nitrogens with two attached hydrogens (primary N) is 1. The Morgan fingerprint density at radius 3 is 2.44 bits per heavy atom. The molecular formula is C14H19N3O. The number of aryl methyl sites for hydroxylation is 3. The molecule has 0 radical (unpaired) electrons. The number of imidazole rings is 1. The van der Waals surface area contributed by atoms with Crippen molar-refractivity contribution in [3.8, 4) is 5.75 Å². The molecular weight excluding hydrogens is 226 g/mol. The molecule has 0 saturated carbocycles. The summed E-state index contributed by atoms with van der Waals surface area (Å²) in [6.45, 7) is 7.44. The maximum absolute atomic E-state index is 5.85. The molecule has 4 heteroatoms. The first-order valence-corrected chi connectivity index (χ1v) is 6.05. The molecule has 0 atom stereocenters. The van der Waals surface area contributed by atoms with Crippen LogP contribution in [0.1, 0.15) is 17.0 Å². The minimum Gasteiger partial charge on any atom is -0.491 e. The Morgan fingerprint density at radius 1 is 1.22 bits per heavy atom. The van der Waals surface area contributed by atoms with E-state index in [-0.39, 0.29) is 0 Å². The number of hydrogen-bond acceptors (Lipinski definition) is 3. The zero-order chi connectivity index (χ0) is 13.1. The van der Waals surface area contributed by atoms with Crippen LogP contribution in [-0.2, 0) is 6.54 Å². The lowest BCUT2D eigenvalue weighted by Crippen LogP contribution is -2.10. The molecule has 18 heavy (non-hydrogen) atoms. The first kappa shape index (κ1) is 12.5. The second-order valence-corrected chi connectivity index (χ2v) is 4.50. The fourth-order valence-electron chi connectivity index (χ4n) is 2.10. The van der Waals surface area contributed by atoms with E-state index in [2.05, 4.69) is 9.55 Å². The van der Waals surface area contributed by atoms with Crippen molar-refractivity contribution in [1.29, 1.82) is 0 Å². The zero-order valence-corrected chi connectivity index (χ0v) is 11.1. The molecule has 0 bridgehead atoms. The minimum atomic E-state index is 0.628. The van der Waals surface area contributed by atoms with Crippen LogP contribution in [0.4, 0.5) is 5.69 Å². The van der Waals surface area contributed by atoms with E-state index in [1.54, 1.807) is 6.20 Å². The highest BCUT2D eigenvalue weighted by molar-refractivity contribution is 5.52. The molecule has 0 spiro atoms. The van der Waals surface area contributed by atoms with Crippen LogP contribution < -0.4 is 10.5 Å². The first-order valence-electron chi connectivity index (χ1n) is 6.05. The SMILES string of the molecule is Cc1cc(N)cc(C)c1OCCn1ccnc1C. The average molecular weight is 245 g/mol. The average Bonchev–Trinajstić information content (AvgIpc) is 2.68. The van der Waals surface area contributed by atoms with Crippen LogP contribution in [0, 0.1) is 20.8 Å². The van der Waals surface area contributed by atoms with Gasteiger partial charge in [-0.1, -0.05) is 0 Å². The van der Waals surface area contributed by atoms with Crippen LogP contribution in [0.3, 0.4) is 0 Å². The van der Waals surface area contributed by atoms with Crippen LogP contribution in [0.15, 0.2) is 24.5 Å². The third kappa shape index (κ3) is 2.64. The number of benzene rings is 1. The van der Waals surface area contributed by atoms with Gasteiger partial charge in [-0.05, 0) is 44.0 Å². The number of ether oxygens (including phenoxy) is 1. The molecule has 1 aromatic heterocycles. The molecule has 2 rings (SSSR count). The maximum atomic E-state index is 5.85. The van der Waals surface area contributed by atoms with Gasteiger partial charge in [-0.15, -0.1) is 0 Å². The van der Waals surface area contributed by atoms with Gasteiger partial charge in [0.1, 0.15) is 18.2 Å². The molecule has 96 valence electrons. The Hall–Kier alpha value is -1.97. The van der Waals surface area contributed by atoms with Gasteiger partial charge < -0.3 is 15.0 Å². The second kappa shape index (κ2) is 5.12. The lowest BCUT2D eigenvalue weighted by Gasteiger charge is -2.13. The van der Waals surface area contributed by atoms with E-state index in [1.165, 1.54) is 0 Å². The molecule has 0 aliphatic carbocycles. The van der Waals surface area contributed by atoms with Crippen LogP contribution in [0.25, 0.3) is 0 Å². The van der Waals surface area contributed by atoms with Crippen LogP contribution in [0.2, 0.25) is 0 Å². The number of anilines is 1. The molecule has 1 heterocycles. The van der Waals surface area contributed by atoms with Gasteiger partial charge in [0.25, 0.3) is 0 Å². The van der Waals surface area contributed by atoms with E-state index in [4.69, 9.17) is 10.5 Å². The van der Waals surface area contributed by atoms with E-state index < -0.39 is 0 Å². The number of aromatic nitrogens is 2. The van der Waals surface area contributed by atoms with Gasteiger partial charge in [0.05, 0.1) is 6.54 Å². The molecule has 1 aromatic carbocycles. The van der Waals surface area contributed by atoms with Crippen molar-refractivity contribution in [1.82, 2.24) is 9.55 Å². The normalized spacial score (nSPS) is 10.6. The Bertz CT molecular complexity index is 523. The molecule has 0 aliphatic heterocycles. The van der Waals surface area contributed by atoms with E-state index in [0.717, 1.165) is 34.9 Å². The van der Waals surface area contributed by atoms with Crippen molar-refractivity contribution in [2.24, 2.45) is 0 Å². The van der Waals surface area contributed by atoms with Crippen molar-refractivity contribution in [3.05, 3.63) is 41.5 Å². The molecule has 0 amide bonds. The van der Waals surface area contributed by atoms with Crippen LogP contribution in [0.5, 0.6) is 5.75 Å². The van der Waals surface area contributed by atoms with Crippen LogP contribution >= 0.6 is 0 Å². The van der Waals surface area contributed by atoms with Crippen LogP contribution in [-0.4, -0.2) is 16.2 Å². The standard InChI is InChI=1S/C14H19N3O/c1-10-8-13(15)9-11(2)14(10)18-7-6-17-5-4-16-12(17)3/h4-5,8-9H,6-7,15H2,1-3H3. The van der Waals surface area contributed by atoms with Crippen molar-refractivity contribution in [2.45, 2.75) is 27.3 Å². The number of nitrogens with zero attached hydrogens (tertiary/aromatic N) is 2. The minimum absolute atomic E-state index is 0.628. The molecule has 0 aliphatic rings. The summed E-state index contributed by atoms with van der Waals surface area (Å²) < 4.78 is 7.92. The summed E-state index contributed by atoms with van der Waals surface area (Å²) in [7, 11) is 0. The Kier molecular flexibility index (Phi) is 3.55. The number of hydrogen-bond donors (Lipinski definition) is 1. The number of rotatable bonds is 4. The Balaban J connectivity index is 2.01. The lowest BCUT2D eigenvalue weighted by atomic mass is 10.1. The summed E-state index contributed by atoms with van der Waals surface area (Å²) >= 11 is 0. The fourth-order valence-corrected chi connectivity index (χ4v) is 2.10. The maximum Gasteiger partial charge on any atom is 0.125 e. The predicted octanol–water partition coefficient (Wildman–Crippen LogP) is 2.47. The second-order valence-electron chi connectivity index (χ2n) is 4.50. The molecule has 0 saturated heterocycles. The summed E-state index contributed by atoms with van der Waals surface area (Å²) in [5.74, 6) is 1.94. The molecule has 0 fully saturated rings. The van der Waals surface area contributed by atoms with Crippen molar-refractivity contribution in [3.63, 3.8) is 0 Å². The van der Waals surface area contributed by atoms with Gasteiger partial charge >= 0.3 is 0 Å². The smallest absolute Gasteiger partial charge is 0.125 e. The van der Waals surface area contributed by atoms with Gasteiger partial charge in [-0.25, -0.2) is 4.98 Å². The van der Waals surface area contributed by atoms with E-state index >= 15 is 0 Å². The molecule has 2 N–H and O–H groups in total. The Labute approximate surface area is 107 Å². The van der Waals surface area contributed by atoms with E-state index in [0.29, 0.717) is 6.61 Å². The van der Waals surface area contributed by atoms with Gasteiger partial charge in [0.15, 0.2) is 0 Å². The predicted molar refractivity (Wildman–Crippen MR) is 72.8 cm³/mol. The number of nitrogen functional groups attached to an aromatic ring is 1. The first-order chi connectivity index (χ1) is 8.58. The largest absolute Gasteiger partial charge is 0.491 e. The fraction of sp³-hybridized carbons (Fsp3) is 0.357. The van der Waals surface area contributed by atoms with E-state index in [9.17, 15) is 0 Å². The van der Waals surface area contributed by atoms with Gasteiger partial charge in [0, 0.05) is 18.1 Å². The summed E-state index contributed by atoms with van der Waals surface area (Å²) in [5, 5.41) is 0. The van der Waals surface area contributed by atoms with Crippen molar-refractivity contribution >= 4 is 5.69 Å². The topological polar surface area (TPSA) is 53.1 Å². The van der Waals surface area contributed by atoms with E-state index in [1.807, 2.05) is 39.1 Å². The zero-order valence-electron chi connectivity index (χ0n) is 11.1. The molecule has 4 nitrogen and oxygen atoms in total. The van der Waals surface area contributed by atoms with Gasteiger partial charge in [-0.3, -0.25) is 0 Å². The highest BCUT2D eigenvalue weighted by atomic mass is 16.5. The summed E-state index contributed by atoms with van der Waals surface area (Å²) in [4.78, 5) is 4.18.